The van der Waals surface area contributed by atoms with Crippen LogP contribution in [0.4, 0.5) is 30.5 Å². The Hall–Kier alpha value is -4.42. The number of methoxy groups -OCH3 is 1. The number of halogens is 3. The molecule has 0 amide bonds. The quantitative estimate of drug-likeness (QED) is 0.330. The summed E-state index contributed by atoms with van der Waals surface area (Å²) >= 11 is 0. The van der Waals surface area contributed by atoms with Crippen LogP contribution in [0.1, 0.15) is 0 Å². The van der Waals surface area contributed by atoms with Crippen LogP contribution in [-0.2, 0) is 6.54 Å². The Morgan fingerprint density at radius 3 is 2.61 bits per heavy atom. The average molecular weight is 460 g/mol. The van der Waals surface area contributed by atoms with E-state index in [2.05, 4.69) is 15.3 Å². The maximum atomic E-state index is 13.9. The second-order valence-electron chi connectivity index (χ2n) is 6.73. The highest BCUT2D eigenvalue weighted by molar-refractivity contribution is 5.78. The molecule has 0 saturated carbocycles. The molecule has 0 aliphatic carbocycles. The monoisotopic (exact) mass is 460 g/mol. The number of rotatable bonds is 7. The van der Waals surface area contributed by atoms with Gasteiger partial charge in [-0.3, -0.25) is 14.7 Å². The number of alkyl halides is 2. The maximum absolute atomic E-state index is 13.9. The molecule has 1 N–H and O–H groups in total. The predicted octanol–water partition coefficient (Wildman–Crippen LogP) is 3.65. The lowest BCUT2D eigenvalue weighted by Crippen LogP contribution is -2.26. The number of anilines is 2. The van der Waals surface area contributed by atoms with E-state index in [1.165, 1.54) is 19.4 Å². The summed E-state index contributed by atoms with van der Waals surface area (Å²) in [6.45, 7) is -0.793. The van der Waals surface area contributed by atoms with Gasteiger partial charge in [0.2, 0.25) is 11.8 Å². The van der Waals surface area contributed by atoms with Crippen molar-refractivity contribution < 1.29 is 22.8 Å². The second-order valence-corrected chi connectivity index (χ2v) is 6.73. The van der Waals surface area contributed by atoms with Crippen LogP contribution in [0.25, 0.3) is 16.9 Å². The first-order valence-corrected chi connectivity index (χ1v) is 9.41. The molecule has 2 aromatic heterocycles. The van der Waals surface area contributed by atoms with Gasteiger partial charge in [-0.2, -0.15) is 9.37 Å². The molecule has 0 bridgehead atoms. The molecule has 0 radical (unpaired) electrons. The number of nitro benzene ring substituents is 1. The van der Waals surface area contributed by atoms with E-state index in [0.29, 0.717) is 11.0 Å². The Balaban J connectivity index is 1.80. The molecule has 2 aromatic carbocycles. The smallest absolute Gasteiger partial charge is 0.335 e. The van der Waals surface area contributed by atoms with E-state index in [-0.39, 0.29) is 23.2 Å². The molecule has 0 unspecified atom stereocenters. The fraction of sp³-hybridized carbons (Fsp3) is 0.150. The summed E-state index contributed by atoms with van der Waals surface area (Å²) in [4.78, 5) is 31.4. The number of benzene rings is 2. The molecule has 33 heavy (non-hydrogen) atoms. The van der Waals surface area contributed by atoms with Gasteiger partial charge in [0.1, 0.15) is 11.6 Å². The molecule has 0 atom stereocenters. The minimum atomic E-state index is -2.74. The third kappa shape index (κ3) is 4.07. The largest absolute Gasteiger partial charge is 0.494 e. The Morgan fingerprint density at radius 2 is 1.94 bits per heavy atom. The number of hydrogen-bond acceptors (Lipinski definition) is 7. The highest BCUT2D eigenvalue weighted by Crippen LogP contribution is 2.33. The first-order chi connectivity index (χ1) is 15.8. The minimum Gasteiger partial charge on any atom is -0.494 e. The zero-order valence-corrected chi connectivity index (χ0v) is 16.9. The van der Waals surface area contributed by atoms with Gasteiger partial charge in [0.15, 0.2) is 0 Å². The zero-order chi connectivity index (χ0) is 23.7. The van der Waals surface area contributed by atoms with Crippen molar-refractivity contribution in [3.05, 3.63) is 75.1 Å². The first-order valence-electron chi connectivity index (χ1n) is 9.41. The van der Waals surface area contributed by atoms with Crippen molar-refractivity contribution in [2.45, 2.75) is 13.0 Å². The summed E-state index contributed by atoms with van der Waals surface area (Å²) in [5.41, 5.74) is -0.860. The number of para-hydroxylation sites is 2. The second kappa shape index (κ2) is 8.61. The van der Waals surface area contributed by atoms with Crippen LogP contribution in [0.3, 0.4) is 0 Å². The van der Waals surface area contributed by atoms with Gasteiger partial charge in [-0.1, -0.05) is 12.1 Å². The molecule has 4 aromatic rings. The van der Waals surface area contributed by atoms with Crippen molar-refractivity contribution in [2.24, 2.45) is 0 Å². The number of nitrogens with zero attached hydrogens (tertiary/aromatic N) is 5. The van der Waals surface area contributed by atoms with E-state index in [1.807, 2.05) is 0 Å². The van der Waals surface area contributed by atoms with Gasteiger partial charge in [0.05, 0.1) is 35.3 Å². The number of ether oxygens (including phenoxy) is 1. The van der Waals surface area contributed by atoms with Crippen LogP contribution >= 0.6 is 0 Å². The summed E-state index contributed by atoms with van der Waals surface area (Å²) in [6, 6.07) is 9.55. The summed E-state index contributed by atoms with van der Waals surface area (Å²) in [5.74, 6) is -1.16. The van der Waals surface area contributed by atoms with Gasteiger partial charge >= 0.3 is 11.4 Å². The van der Waals surface area contributed by atoms with Crippen molar-refractivity contribution in [3.63, 3.8) is 0 Å². The summed E-state index contributed by atoms with van der Waals surface area (Å²) in [6.07, 6.45) is -1.44. The molecular formula is C20H15F3N6O4. The van der Waals surface area contributed by atoms with Crippen LogP contribution in [0.2, 0.25) is 0 Å². The summed E-state index contributed by atoms with van der Waals surface area (Å²) in [5, 5.41) is 13.8. The molecule has 0 spiro atoms. The van der Waals surface area contributed by atoms with Crippen LogP contribution in [0.15, 0.2) is 53.5 Å². The third-order valence-electron chi connectivity index (χ3n) is 4.74. The molecule has 0 fully saturated rings. The normalized spacial score (nSPS) is 11.2. The molecular weight excluding hydrogens is 445 g/mol. The molecule has 170 valence electrons. The number of nitro groups is 1. The van der Waals surface area contributed by atoms with Crippen LogP contribution < -0.4 is 15.7 Å². The Morgan fingerprint density at radius 1 is 1.21 bits per heavy atom. The Bertz CT molecular complexity index is 1420. The summed E-state index contributed by atoms with van der Waals surface area (Å²) < 4.78 is 47.1. The van der Waals surface area contributed by atoms with Crippen molar-refractivity contribution >= 4 is 28.4 Å². The van der Waals surface area contributed by atoms with E-state index in [9.17, 15) is 28.1 Å². The van der Waals surface area contributed by atoms with Crippen LogP contribution in [0.5, 0.6) is 5.75 Å². The molecule has 0 aliphatic rings. The van der Waals surface area contributed by atoms with Gasteiger partial charge < -0.3 is 10.1 Å². The van der Waals surface area contributed by atoms with Crippen molar-refractivity contribution in [2.75, 3.05) is 12.4 Å². The summed E-state index contributed by atoms with van der Waals surface area (Å²) in [7, 11) is 1.25. The lowest BCUT2D eigenvalue weighted by atomic mass is 10.2. The molecule has 10 nitrogen and oxygen atoms in total. The lowest BCUT2D eigenvalue weighted by molar-refractivity contribution is -0.387. The number of aromatic nitrogens is 4. The van der Waals surface area contributed by atoms with Crippen molar-refractivity contribution in [1.29, 1.82) is 0 Å². The van der Waals surface area contributed by atoms with Gasteiger partial charge in [0.25, 0.3) is 6.43 Å². The molecule has 0 aliphatic heterocycles. The first kappa shape index (κ1) is 21.8. The fourth-order valence-electron chi connectivity index (χ4n) is 3.35. The Labute approximate surface area is 183 Å². The fourth-order valence-corrected chi connectivity index (χ4v) is 3.35. The number of fused-ring (bicyclic) bond motifs is 1. The minimum absolute atomic E-state index is 0.00947. The topological polar surface area (TPSA) is 117 Å². The zero-order valence-electron chi connectivity index (χ0n) is 16.9. The van der Waals surface area contributed by atoms with Crippen molar-refractivity contribution in [3.8, 4) is 11.6 Å². The standard InChI is InChI=1S/C20H15F3N6O4/c1-33-16-8-11(21)15(29(31)32)9-12(16)25-19-24-7-6-18(26-19)28-14-5-3-2-4-13(14)27(20(28)30)10-17(22)23/h2-9,17H,10H2,1H3,(H,24,25,26). The Kier molecular flexibility index (Phi) is 5.69. The van der Waals surface area contributed by atoms with E-state index >= 15 is 0 Å². The highest BCUT2D eigenvalue weighted by atomic mass is 19.3. The molecule has 4 rings (SSSR count). The van der Waals surface area contributed by atoms with E-state index in [4.69, 9.17) is 4.74 Å². The number of imidazole rings is 1. The van der Waals surface area contributed by atoms with Gasteiger partial charge in [-0.05, 0) is 12.1 Å². The maximum Gasteiger partial charge on any atom is 0.335 e. The molecule has 13 heteroatoms. The van der Waals surface area contributed by atoms with E-state index in [1.54, 1.807) is 24.3 Å². The van der Waals surface area contributed by atoms with E-state index < -0.39 is 35.1 Å². The predicted molar refractivity (Wildman–Crippen MR) is 112 cm³/mol. The number of nitrogens with one attached hydrogen (secondary N) is 1. The molecule has 0 saturated heterocycles. The van der Waals surface area contributed by atoms with Crippen LogP contribution in [-0.4, -0.2) is 37.6 Å². The lowest BCUT2D eigenvalue weighted by Gasteiger charge is -2.11. The van der Waals surface area contributed by atoms with Crippen LogP contribution in [0, 0.1) is 15.9 Å². The van der Waals surface area contributed by atoms with E-state index in [0.717, 1.165) is 21.3 Å². The van der Waals surface area contributed by atoms with Gasteiger partial charge in [-0.25, -0.2) is 23.1 Å². The SMILES string of the molecule is COc1cc(F)c([N+](=O)[O-])cc1Nc1nccc(-n2c(=O)n(CC(F)F)c3ccccc32)n1. The van der Waals surface area contributed by atoms with Gasteiger partial charge in [-0.15, -0.1) is 0 Å². The highest BCUT2D eigenvalue weighted by Gasteiger charge is 2.21. The number of hydrogen-bond donors (Lipinski definition) is 1. The van der Waals surface area contributed by atoms with Gasteiger partial charge in [0, 0.05) is 24.4 Å². The molecule has 2 heterocycles. The third-order valence-corrected chi connectivity index (χ3v) is 4.74. The average Bonchev–Trinajstić information content (AvgIpc) is 3.05. The van der Waals surface area contributed by atoms with Crippen molar-refractivity contribution in [1.82, 2.24) is 19.1 Å².